The van der Waals surface area contributed by atoms with Gasteiger partial charge >= 0.3 is 0 Å². The van der Waals surface area contributed by atoms with E-state index in [1.165, 1.54) is 0 Å². The fourth-order valence-corrected chi connectivity index (χ4v) is 2.73. The first-order valence-electron chi connectivity index (χ1n) is 7.20. The van der Waals surface area contributed by atoms with Crippen LogP contribution in [0, 0.1) is 0 Å². The van der Waals surface area contributed by atoms with Crippen molar-refractivity contribution in [1.29, 1.82) is 0 Å². The number of carbonyl (C=O) groups excluding carboxylic acids is 2. The lowest BCUT2D eigenvalue weighted by Crippen LogP contribution is -2.40. The number of carbonyl (C=O) groups is 2. The summed E-state index contributed by atoms with van der Waals surface area (Å²) in [6.45, 7) is 3.05. The highest BCUT2D eigenvalue weighted by molar-refractivity contribution is 6.07. The number of rotatable bonds is 4. The summed E-state index contributed by atoms with van der Waals surface area (Å²) in [6, 6.07) is 7.82. The van der Waals surface area contributed by atoms with Gasteiger partial charge in [0, 0.05) is 43.2 Å². The van der Waals surface area contributed by atoms with Gasteiger partial charge in [0.2, 0.25) is 0 Å². The quantitative estimate of drug-likeness (QED) is 0.804. The Hall–Kier alpha value is -2.14. The minimum Gasteiger partial charge on any atom is -0.378 e. The Kier molecular flexibility index (Phi) is 4.01. The highest BCUT2D eigenvalue weighted by Crippen LogP contribution is 2.23. The number of ether oxygens (including phenoxy) is 1. The van der Waals surface area contributed by atoms with Gasteiger partial charge in [-0.05, 0) is 6.07 Å². The van der Waals surface area contributed by atoms with Crippen molar-refractivity contribution in [2.24, 2.45) is 0 Å². The van der Waals surface area contributed by atoms with Crippen LogP contribution in [0.15, 0.2) is 30.5 Å². The molecule has 5 nitrogen and oxygen atoms in total. The van der Waals surface area contributed by atoms with Crippen LogP contribution < -0.4 is 0 Å². The van der Waals surface area contributed by atoms with Crippen molar-refractivity contribution in [3.05, 3.63) is 36.0 Å². The highest BCUT2D eigenvalue weighted by atomic mass is 16.5. The van der Waals surface area contributed by atoms with Crippen molar-refractivity contribution in [3.63, 3.8) is 0 Å². The Labute approximate surface area is 123 Å². The molecule has 2 aromatic rings. The Morgan fingerprint density at radius 3 is 2.76 bits per heavy atom. The van der Waals surface area contributed by atoms with Gasteiger partial charge in [-0.1, -0.05) is 18.2 Å². The average Bonchev–Trinajstić information content (AvgIpc) is 2.92. The fraction of sp³-hybridized carbons (Fsp3) is 0.375. The number of morpholine rings is 1. The van der Waals surface area contributed by atoms with Gasteiger partial charge in [-0.25, -0.2) is 0 Å². The highest BCUT2D eigenvalue weighted by Gasteiger charge is 2.22. The third-order valence-corrected chi connectivity index (χ3v) is 3.81. The maximum atomic E-state index is 12.7. The van der Waals surface area contributed by atoms with E-state index in [2.05, 4.69) is 0 Å². The van der Waals surface area contributed by atoms with E-state index in [9.17, 15) is 9.59 Å². The summed E-state index contributed by atoms with van der Waals surface area (Å²) in [4.78, 5) is 25.1. The number of aromatic nitrogens is 1. The molecule has 1 amide bonds. The molecule has 0 spiro atoms. The molecule has 110 valence electrons. The Balaban J connectivity index is 1.97. The maximum Gasteiger partial charge on any atom is 0.256 e. The molecule has 2 heterocycles. The molecule has 1 aromatic heterocycles. The lowest BCUT2D eigenvalue weighted by molar-refractivity contribution is -0.108. The molecule has 0 N–H and O–H groups in total. The Bertz CT molecular complexity index is 657. The number of nitrogens with zero attached hydrogens (tertiary/aromatic N) is 2. The predicted molar refractivity (Wildman–Crippen MR) is 79.3 cm³/mol. The number of fused-ring (bicyclic) bond motifs is 1. The Morgan fingerprint density at radius 1 is 1.24 bits per heavy atom. The second-order valence-corrected chi connectivity index (χ2v) is 5.11. The number of hydrogen-bond donors (Lipinski definition) is 0. The molecule has 0 aliphatic carbocycles. The van der Waals surface area contributed by atoms with E-state index in [1.54, 1.807) is 0 Å². The molecule has 0 saturated carbocycles. The first kappa shape index (κ1) is 13.8. The molecule has 1 fully saturated rings. The van der Waals surface area contributed by atoms with E-state index in [1.807, 2.05) is 39.9 Å². The molecule has 0 atom stereocenters. The van der Waals surface area contributed by atoms with Crippen LogP contribution in [0.3, 0.4) is 0 Å². The summed E-state index contributed by atoms with van der Waals surface area (Å²) in [5, 5.41) is 0.944. The largest absolute Gasteiger partial charge is 0.378 e. The monoisotopic (exact) mass is 286 g/mol. The SMILES string of the molecule is O=CCCn1cc(C(=O)N2CCOCC2)c2ccccc21. The average molecular weight is 286 g/mol. The molecular weight excluding hydrogens is 268 g/mol. The number of aldehydes is 1. The van der Waals surface area contributed by atoms with Crippen molar-refractivity contribution in [3.8, 4) is 0 Å². The number of aryl methyl sites for hydroxylation is 1. The van der Waals surface area contributed by atoms with Gasteiger partial charge in [0.15, 0.2) is 0 Å². The molecule has 1 saturated heterocycles. The van der Waals surface area contributed by atoms with Crippen molar-refractivity contribution in [2.45, 2.75) is 13.0 Å². The van der Waals surface area contributed by atoms with Crippen LogP contribution in [-0.2, 0) is 16.1 Å². The summed E-state index contributed by atoms with van der Waals surface area (Å²) in [7, 11) is 0. The fourth-order valence-electron chi connectivity index (χ4n) is 2.73. The summed E-state index contributed by atoms with van der Waals surface area (Å²) >= 11 is 0. The normalized spacial score (nSPS) is 15.3. The van der Waals surface area contributed by atoms with Crippen LogP contribution >= 0.6 is 0 Å². The van der Waals surface area contributed by atoms with Gasteiger partial charge in [0.05, 0.1) is 18.8 Å². The molecule has 1 aliphatic rings. The van der Waals surface area contributed by atoms with Crippen molar-refractivity contribution in [1.82, 2.24) is 9.47 Å². The van der Waals surface area contributed by atoms with Crippen LogP contribution in [0.1, 0.15) is 16.8 Å². The number of hydrogen-bond acceptors (Lipinski definition) is 3. The van der Waals surface area contributed by atoms with Gasteiger partial charge in [0.25, 0.3) is 5.91 Å². The van der Waals surface area contributed by atoms with E-state index < -0.39 is 0 Å². The van der Waals surface area contributed by atoms with E-state index in [-0.39, 0.29) is 5.91 Å². The maximum absolute atomic E-state index is 12.7. The van der Waals surface area contributed by atoms with Crippen LogP contribution in [0.2, 0.25) is 0 Å². The third-order valence-electron chi connectivity index (χ3n) is 3.81. The molecule has 21 heavy (non-hydrogen) atoms. The first-order valence-corrected chi connectivity index (χ1v) is 7.20. The summed E-state index contributed by atoms with van der Waals surface area (Å²) < 4.78 is 7.28. The zero-order valence-corrected chi connectivity index (χ0v) is 11.8. The standard InChI is InChI=1S/C16H18N2O3/c19-9-3-6-18-12-14(13-4-1-2-5-15(13)18)16(20)17-7-10-21-11-8-17/h1-2,4-5,9,12H,3,6-8,10-11H2. The summed E-state index contributed by atoms with van der Waals surface area (Å²) in [5.74, 6) is 0.0411. The summed E-state index contributed by atoms with van der Waals surface area (Å²) in [6.07, 6.45) is 3.22. The van der Waals surface area contributed by atoms with E-state index in [4.69, 9.17) is 4.74 Å². The second-order valence-electron chi connectivity index (χ2n) is 5.11. The lowest BCUT2D eigenvalue weighted by Gasteiger charge is -2.26. The molecule has 0 radical (unpaired) electrons. The third kappa shape index (κ3) is 2.69. The van der Waals surface area contributed by atoms with Crippen molar-refractivity contribution in [2.75, 3.05) is 26.3 Å². The van der Waals surface area contributed by atoms with Gasteiger partial charge in [0.1, 0.15) is 6.29 Å². The zero-order chi connectivity index (χ0) is 14.7. The minimum atomic E-state index is 0.0411. The molecule has 0 bridgehead atoms. The second kappa shape index (κ2) is 6.10. The van der Waals surface area contributed by atoms with Crippen molar-refractivity contribution >= 4 is 23.1 Å². The molecule has 0 unspecified atom stereocenters. The smallest absolute Gasteiger partial charge is 0.256 e. The van der Waals surface area contributed by atoms with Crippen LogP contribution in [-0.4, -0.2) is 48.0 Å². The van der Waals surface area contributed by atoms with E-state index in [0.717, 1.165) is 17.2 Å². The topological polar surface area (TPSA) is 51.5 Å². The molecule has 5 heteroatoms. The zero-order valence-electron chi connectivity index (χ0n) is 11.8. The lowest BCUT2D eigenvalue weighted by atomic mass is 10.1. The summed E-state index contributed by atoms with van der Waals surface area (Å²) in [5.41, 5.74) is 1.70. The van der Waals surface area contributed by atoms with Gasteiger partial charge in [-0.15, -0.1) is 0 Å². The van der Waals surface area contributed by atoms with Crippen LogP contribution in [0.4, 0.5) is 0 Å². The van der Waals surface area contributed by atoms with Gasteiger partial charge < -0.3 is 19.0 Å². The molecule has 3 rings (SSSR count). The number of para-hydroxylation sites is 1. The predicted octanol–water partition coefficient (Wildman–Crippen LogP) is 1.70. The molecule has 1 aliphatic heterocycles. The molecule has 1 aromatic carbocycles. The minimum absolute atomic E-state index is 0.0411. The van der Waals surface area contributed by atoms with Crippen molar-refractivity contribution < 1.29 is 14.3 Å². The van der Waals surface area contributed by atoms with Crippen LogP contribution in [0.5, 0.6) is 0 Å². The Morgan fingerprint density at radius 2 is 2.00 bits per heavy atom. The number of benzene rings is 1. The van der Waals surface area contributed by atoms with Gasteiger partial charge in [-0.2, -0.15) is 0 Å². The molecular formula is C16H18N2O3. The first-order chi connectivity index (χ1) is 10.3. The van der Waals surface area contributed by atoms with E-state index in [0.29, 0.717) is 44.8 Å². The van der Waals surface area contributed by atoms with Gasteiger partial charge in [-0.3, -0.25) is 4.79 Å². The van der Waals surface area contributed by atoms with E-state index >= 15 is 0 Å². The van der Waals surface area contributed by atoms with Crippen LogP contribution in [0.25, 0.3) is 10.9 Å². The number of amides is 1.